The fraction of sp³-hybridized carbons (Fsp3) is 0.727. The zero-order chi connectivity index (χ0) is 13.2. The third kappa shape index (κ3) is 2.82. The quantitative estimate of drug-likeness (QED) is 0.911. The summed E-state index contributed by atoms with van der Waals surface area (Å²) >= 11 is 7.26. The first-order valence-electron chi connectivity index (χ1n) is 6.47. The molecule has 8 heteroatoms. The average molecular weight is 302 g/mol. The minimum atomic E-state index is 0.0696. The molecule has 1 aromatic rings. The number of hydrogen-bond acceptors (Lipinski definition) is 5. The van der Waals surface area contributed by atoms with Crippen molar-refractivity contribution in [3.8, 4) is 0 Å². The Morgan fingerprint density at radius 1 is 1.47 bits per heavy atom. The highest BCUT2D eigenvalue weighted by atomic mass is 35.5. The molecule has 0 unspecified atom stereocenters. The highest BCUT2D eigenvalue weighted by Gasteiger charge is 2.31. The molecule has 0 radical (unpaired) electrons. The fourth-order valence-corrected chi connectivity index (χ4v) is 3.38. The van der Waals surface area contributed by atoms with Crippen LogP contribution in [0.5, 0.6) is 0 Å². The Morgan fingerprint density at radius 2 is 2.37 bits per heavy atom. The number of aromatic nitrogens is 2. The van der Waals surface area contributed by atoms with E-state index < -0.39 is 0 Å². The number of piperidine rings is 1. The number of nitrogens with one attached hydrogen (secondary N) is 1. The monoisotopic (exact) mass is 301 g/mol. The maximum atomic E-state index is 11.7. The van der Waals surface area contributed by atoms with E-state index in [1.165, 1.54) is 11.5 Å². The fourth-order valence-electron chi connectivity index (χ4n) is 2.77. The molecule has 2 aliphatic heterocycles. The predicted octanol–water partition coefficient (Wildman–Crippen LogP) is 1.18. The van der Waals surface area contributed by atoms with Crippen LogP contribution in [0.4, 0.5) is 4.79 Å². The van der Waals surface area contributed by atoms with Crippen molar-refractivity contribution < 1.29 is 4.79 Å². The van der Waals surface area contributed by atoms with Crippen LogP contribution in [0, 0.1) is 0 Å². The summed E-state index contributed by atoms with van der Waals surface area (Å²) in [6, 6.07) is 0.377. The van der Waals surface area contributed by atoms with Gasteiger partial charge >= 0.3 is 6.03 Å². The summed E-state index contributed by atoms with van der Waals surface area (Å²) in [5.74, 6) is 0. The zero-order valence-electron chi connectivity index (χ0n) is 10.5. The number of likely N-dealkylation sites (tertiary alicyclic amines) is 1. The van der Waals surface area contributed by atoms with Gasteiger partial charge in [-0.05, 0) is 19.4 Å². The lowest BCUT2D eigenvalue weighted by Gasteiger charge is -2.36. The lowest BCUT2D eigenvalue weighted by atomic mass is 10.0. The van der Waals surface area contributed by atoms with Crippen molar-refractivity contribution >= 4 is 29.2 Å². The largest absolute Gasteiger partial charge is 0.336 e. The van der Waals surface area contributed by atoms with Gasteiger partial charge in [0.25, 0.3) is 0 Å². The van der Waals surface area contributed by atoms with Crippen molar-refractivity contribution in [2.75, 3.05) is 26.2 Å². The molecule has 0 aliphatic carbocycles. The van der Waals surface area contributed by atoms with Crippen LogP contribution in [-0.2, 0) is 6.54 Å². The van der Waals surface area contributed by atoms with E-state index in [0.29, 0.717) is 10.4 Å². The summed E-state index contributed by atoms with van der Waals surface area (Å²) in [4.78, 5) is 16.0. The van der Waals surface area contributed by atoms with E-state index in [0.717, 1.165) is 51.3 Å². The third-order valence-electron chi connectivity index (χ3n) is 3.69. The van der Waals surface area contributed by atoms with Crippen LogP contribution in [0.1, 0.15) is 18.5 Å². The normalized spacial score (nSPS) is 24.8. The standard InChI is InChI=1S/C11H16ClN5OS/c12-10-9(14-15-19-10)7-16-4-1-2-8(6-16)17-5-3-13-11(17)18/h8H,1-7H2,(H,13,18)/t8-/m0/s1. The Hall–Kier alpha value is -0.920. The van der Waals surface area contributed by atoms with Crippen molar-refractivity contribution in [1.29, 1.82) is 0 Å². The van der Waals surface area contributed by atoms with E-state index in [9.17, 15) is 4.79 Å². The van der Waals surface area contributed by atoms with E-state index in [4.69, 9.17) is 11.6 Å². The van der Waals surface area contributed by atoms with Gasteiger partial charge in [-0.15, -0.1) is 5.10 Å². The van der Waals surface area contributed by atoms with Crippen LogP contribution in [-0.4, -0.2) is 57.6 Å². The topological polar surface area (TPSA) is 61.4 Å². The molecule has 6 nitrogen and oxygen atoms in total. The molecule has 0 saturated carbocycles. The maximum absolute atomic E-state index is 11.7. The third-order valence-corrected chi connectivity index (χ3v) is 4.68. The van der Waals surface area contributed by atoms with Crippen molar-refractivity contribution in [1.82, 2.24) is 24.7 Å². The molecule has 2 fully saturated rings. The van der Waals surface area contributed by atoms with Gasteiger partial charge < -0.3 is 10.2 Å². The minimum Gasteiger partial charge on any atom is -0.336 e. The van der Waals surface area contributed by atoms with Gasteiger partial charge in [-0.2, -0.15) is 0 Å². The van der Waals surface area contributed by atoms with Crippen molar-refractivity contribution in [2.45, 2.75) is 25.4 Å². The number of hydrogen-bond donors (Lipinski definition) is 1. The lowest BCUT2D eigenvalue weighted by molar-refractivity contribution is 0.121. The Balaban J connectivity index is 1.62. The molecule has 2 aliphatic rings. The van der Waals surface area contributed by atoms with E-state index in [1.807, 2.05) is 4.90 Å². The van der Waals surface area contributed by atoms with Crippen molar-refractivity contribution in [2.24, 2.45) is 0 Å². The molecule has 19 heavy (non-hydrogen) atoms. The molecule has 0 spiro atoms. The van der Waals surface area contributed by atoms with Gasteiger partial charge in [0.05, 0.1) is 0 Å². The summed E-state index contributed by atoms with van der Waals surface area (Å²) in [6.45, 7) is 4.22. The molecule has 104 valence electrons. The van der Waals surface area contributed by atoms with Gasteiger partial charge in [0.15, 0.2) is 0 Å². The summed E-state index contributed by atoms with van der Waals surface area (Å²) in [5.41, 5.74) is 0.846. The number of carbonyl (C=O) groups is 1. The van der Waals surface area contributed by atoms with Crippen LogP contribution in [0.15, 0.2) is 0 Å². The summed E-state index contributed by atoms with van der Waals surface area (Å²) in [6.07, 6.45) is 2.18. The van der Waals surface area contributed by atoms with Crippen LogP contribution in [0.2, 0.25) is 4.34 Å². The molecule has 2 amide bonds. The van der Waals surface area contributed by atoms with Crippen LogP contribution in [0.3, 0.4) is 0 Å². The number of urea groups is 1. The molecule has 2 saturated heterocycles. The summed E-state index contributed by atoms with van der Waals surface area (Å²) < 4.78 is 4.52. The Bertz CT molecular complexity index is 468. The molecule has 1 aromatic heterocycles. The summed E-state index contributed by atoms with van der Waals surface area (Å²) in [7, 11) is 0. The lowest BCUT2D eigenvalue weighted by Crippen LogP contribution is -2.48. The first-order chi connectivity index (χ1) is 9.24. The second kappa shape index (κ2) is 5.60. The molecule has 3 heterocycles. The maximum Gasteiger partial charge on any atom is 0.317 e. The van der Waals surface area contributed by atoms with E-state index in [1.54, 1.807) is 0 Å². The van der Waals surface area contributed by atoms with Crippen LogP contribution >= 0.6 is 23.1 Å². The number of nitrogens with zero attached hydrogens (tertiary/aromatic N) is 4. The van der Waals surface area contributed by atoms with Crippen LogP contribution in [0.25, 0.3) is 0 Å². The second-order valence-electron chi connectivity index (χ2n) is 4.95. The number of rotatable bonds is 3. The van der Waals surface area contributed by atoms with Gasteiger partial charge in [-0.25, -0.2) is 4.79 Å². The molecular weight excluding hydrogens is 286 g/mol. The van der Waals surface area contributed by atoms with Crippen LogP contribution < -0.4 is 5.32 Å². The van der Waals surface area contributed by atoms with Gasteiger partial charge in [0.1, 0.15) is 10.0 Å². The Morgan fingerprint density at radius 3 is 3.05 bits per heavy atom. The molecule has 0 aromatic carbocycles. The molecular formula is C11H16ClN5OS. The van der Waals surface area contributed by atoms with Gasteiger partial charge in [-0.1, -0.05) is 16.1 Å². The van der Waals surface area contributed by atoms with Gasteiger partial charge in [0.2, 0.25) is 0 Å². The Labute approximate surface area is 120 Å². The van der Waals surface area contributed by atoms with Crippen molar-refractivity contribution in [3.05, 3.63) is 10.0 Å². The zero-order valence-corrected chi connectivity index (χ0v) is 12.1. The Kier molecular flexibility index (Phi) is 3.86. The van der Waals surface area contributed by atoms with Crippen molar-refractivity contribution in [3.63, 3.8) is 0 Å². The highest BCUT2D eigenvalue weighted by Crippen LogP contribution is 2.23. The van der Waals surface area contributed by atoms with E-state index >= 15 is 0 Å². The smallest absolute Gasteiger partial charge is 0.317 e. The minimum absolute atomic E-state index is 0.0696. The van der Waals surface area contributed by atoms with Gasteiger partial charge in [0, 0.05) is 43.8 Å². The second-order valence-corrected chi connectivity index (χ2v) is 6.31. The highest BCUT2D eigenvalue weighted by molar-refractivity contribution is 7.10. The first-order valence-corrected chi connectivity index (χ1v) is 7.63. The first kappa shape index (κ1) is 13.1. The number of amides is 2. The molecule has 3 rings (SSSR count). The molecule has 1 atom stereocenters. The SMILES string of the molecule is O=C1NCCN1[C@H]1CCCN(Cc2nnsc2Cl)C1. The molecule has 0 bridgehead atoms. The van der Waals surface area contributed by atoms with E-state index in [-0.39, 0.29) is 6.03 Å². The van der Waals surface area contributed by atoms with Gasteiger partial charge in [-0.3, -0.25) is 4.90 Å². The number of halogens is 1. The van der Waals surface area contributed by atoms with E-state index in [2.05, 4.69) is 19.8 Å². The molecule has 1 N–H and O–H groups in total. The average Bonchev–Trinajstić information content (AvgIpc) is 3.00. The number of carbonyl (C=O) groups excluding carboxylic acids is 1. The predicted molar refractivity (Wildman–Crippen MR) is 73.3 cm³/mol. The summed E-state index contributed by atoms with van der Waals surface area (Å²) in [5, 5.41) is 6.91.